The van der Waals surface area contributed by atoms with Gasteiger partial charge in [-0.15, -0.1) is 0 Å². The fraction of sp³-hybridized carbons (Fsp3) is 0. The summed E-state index contributed by atoms with van der Waals surface area (Å²) in [7, 11) is 0. The second-order valence-corrected chi connectivity index (χ2v) is 6.08. The summed E-state index contributed by atoms with van der Waals surface area (Å²) in [6.45, 7) is 0. The van der Waals surface area contributed by atoms with Crippen LogP contribution in [-0.2, 0) is 9.59 Å². The van der Waals surface area contributed by atoms with Crippen molar-refractivity contribution in [1.82, 2.24) is 0 Å². The molecule has 3 aromatic rings. The first-order valence-electron chi connectivity index (χ1n) is 8.46. The van der Waals surface area contributed by atoms with Gasteiger partial charge in [0.25, 0.3) is 0 Å². The summed E-state index contributed by atoms with van der Waals surface area (Å²) in [4.78, 5) is 25.0. The Hall–Kier alpha value is -3.52. The van der Waals surface area contributed by atoms with E-state index in [1.54, 1.807) is 0 Å². The van der Waals surface area contributed by atoms with Crippen LogP contribution < -0.4 is 0 Å². The van der Waals surface area contributed by atoms with E-state index >= 15 is 0 Å². The molecule has 0 aliphatic heterocycles. The van der Waals surface area contributed by atoms with E-state index in [9.17, 15) is 9.59 Å². The fourth-order valence-corrected chi connectivity index (χ4v) is 3.41. The molecule has 2 nitrogen and oxygen atoms in total. The molecule has 1 aliphatic carbocycles. The first-order valence-corrected chi connectivity index (χ1v) is 8.46. The average Bonchev–Trinajstić information content (AvgIpc) is 3.02. The molecular formula is C24H16O2. The van der Waals surface area contributed by atoms with Gasteiger partial charge in [-0.1, -0.05) is 91.0 Å². The van der Waals surface area contributed by atoms with E-state index in [0.29, 0.717) is 17.4 Å². The molecule has 0 unspecified atom stereocenters. The lowest BCUT2D eigenvalue weighted by Crippen LogP contribution is -2.03. The number of aldehydes is 1. The Morgan fingerprint density at radius 1 is 0.500 bits per heavy atom. The summed E-state index contributed by atoms with van der Waals surface area (Å²) in [5, 5.41) is 0. The smallest absolute Gasteiger partial charge is 0.198 e. The second kappa shape index (κ2) is 6.77. The number of allylic oxidation sites excluding steroid dienone is 4. The van der Waals surface area contributed by atoms with Gasteiger partial charge in [0.1, 0.15) is 0 Å². The Labute approximate surface area is 152 Å². The molecule has 0 bridgehead atoms. The van der Waals surface area contributed by atoms with E-state index in [0.717, 1.165) is 22.3 Å². The minimum atomic E-state index is -0.219. The molecular weight excluding hydrogens is 320 g/mol. The van der Waals surface area contributed by atoms with Crippen molar-refractivity contribution in [1.29, 1.82) is 0 Å². The van der Waals surface area contributed by atoms with E-state index < -0.39 is 0 Å². The van der Waals surface area contributed by atoms with Crippen molar-refractivity contribution < 1.29 is 9.59 Å². The molecule has 0 atom stereocenters. The van der Waals surface area contributed by atoms with Gasteiger partial charge in [0, 0.05) is 16.7 Å². The second-order valence-electron chi connectivity index (χ2n) is 6.08. The number of rotatable bonds is 4. The molecule has 1 aliphatic rings. The van der Waals surface area contributed by atoms with Gasteiger partial charge in [-0.05, 0) is 16.7 Å². The minimum Gasteiger partial charge on any atom is -0.298 e. The lowest BCUT2D eigenvalue weighted by Gasteiger charge is -2.12. The van der Waals surface area contributed by atoms with Gasteiger partial charge >= 0.3 is 0 Å². The molecule has 26 heavy (non-hydrogen) atoms. The van der Waals surface area contributed by atoms with Crippen LogP contribution in [-0.4, -0.2) is 12.1 Å². The lowest BCUT2D eigenvalue weighted by molar-refractivity contribution is -0.113. The van der Waals surface area contributed by atoms with Gasteiger partial charge in [0.2, 0.25) is 0 Å². The van der Waals surface area contributed by atoms with Gasteiger partial charge < -0.3 is 0 Å². The molecule has 0 radical (unpaired) electrons. The van der Waals surface area contributed by atoms with Crippen molar-refractivity contribution >= 4 is 28.8 Å². The van der Waals surface area contributed by atoms with Crippen LogP contribution in [0.1, 0.15) is 16.7 Å². The van der Waals surface area contributed by atoms with Crippen LogP contribution in [0, 0.1) is 0 Å². The van der Waals surface area contributed by atoms with Crippen molar-refractivity contribution in [2.45, 2.75) is 0 Å². The molecule has 2 heteroatoms. The zero-order valence-electron chi connectivity index (χ0n) is 14.1. The minimum absolute atomic E-state index is 0.217. The van der Waals surface area contributed by atoms with Crippen LogP contribution in [0.2, 0.25) is 0 Å². The highest BCUT2D eigenvalue weighted by Gasteiger charge is 2.34. The third-order valence-electron chi connectivity index (χ3n) is 4.55. The molecule has 0 amide bonds. The zero-order valence-corrected chi connectivity index (χ0v) is 14.1. The van der Waals surface area contributed by atoms with Crippen LogP contribution in [0.3, 0.4) is 0 Å². The van der Waals surface area contributed by atoms with E-state index in [1.807, 2.05) is 91.0 Å². The molecule has 0 heterocycles. The van der Waals surface area contributed by atoms with Crippen molar-refractivity contribution in [3.05, 3.63) is 113 Å². The predicted octanol–water partition coefficient (Wildman–Crippen LogP) is 4.83. The highest BCUT2D eigenvalue weighted by molar-refractivity contribution is 6.52. The molecule has 0 fully saturated rings. The predicted molar refractivity (Wildman–Crippen MR) is 104 cm³/mol. The Morgan fingerprint density at radius 3 is 1.31 bits per heavy atom. The van der Waals surface area contributed by atoms with Crippen molar-refractivity contribution in [3.8, 4) is 0 Å². The topological polar surface area (TPSA) is 34.1 Å². The normalized spacial score (nSPS) is 14.1. The molecule has 0 N–H and O–H groups in total. The third-order valence-corrected chi connectivity index (χ3v) is 4.55. The number of hydrogen-bond acceptors (Lipinski definition) is 2. The van der Waals surface area contributed by atoms with Crippen molar-refractivity contribution in [2.75, 3.05) is 0 Å². The summed E-state index contributed by atoms with van der Waals surface area (Å²) < 4.78 is 0. The maximum atomic E-state index is 13.2. The summed E-state index contributed by atoms with van der Waals surface area (Å²) in [6, 6.07) is 28.9. The Balaban J connectivity index is 2.06. The molecule has 0 aromatic heterocycles. The summed E-state index contributed by atoms with van der Waals surface area (Å²) in [5.74, 6) is -0.219. The zero-order chi connectivity index (χ0) is 17.9. The van der Waals surface area contributed by atoms with Crippen LogP contribution >= 0.6 is 0 Å². The average molecular weight is 336 g/mol. The van der Waals surface area contributed by atoms with Crippen LogP contribution in [0.5, 0.6) is 0 Å². The SMILES string of the molecule is O=CC1=C(c2ccccc2)C(c2ccccc2)=C(c2ccccc2)C1=O. The lowest BCUT2D eigenvalue weighted by atomic mass is 9.90. The number of benzene rings is 3. The maximum absolute atomic E-state index is 13.2. The van der Waals surface area contributed by atoms with E-state index in [4.69, 9.17) is 0 Å². The molecule has 3 aromatic carbocycles. The molecule has 0 saturated heterocycles. The number of carbonyl (C=O) groups is 2. The largest absolute Gasteiger partial charge is 0.298 e. The Bertz CT molecular complexity index is 1030. The Morgan fingerprint density at radius 2 is 0.885 bits per heavy atom. The maximum Gasteiger partial charge on any atom is 0.198 e. The quantitative estimate of drug-likeness (QED) is 0.505. The third kappa shape index (κ3) is 2.62. The highest BCUT2D eigenvalue weighted by atomic mass is 16.1. The van der Waals surface area contributed by atoms with E-state index in [1.165, 1.54) is 0 Å². The molecule has 4 rings (SSSR count). The standard InChI is InChI=1S/C24H16O2/c25-16-20-21(17-10-4-1-5-11-17)22(18-12-6-2-7-13-18)23(24(20)26)19-14-8-3-9-15-19/h1-16H. The first kappa shape index (κ1) is 16.0. The van der Waals surface area contributed by atoms with Crippen LogP contribution in [0.25, 0.3) is 16.7 Å². The van der Waals surface area contributed by atoms with Gasteiger partial charge in [-0.25, -0.2) is 0 Å². The molecule has 124 valence electrons. The van der Waals surface area contributed by atoms with Crippen molar-refractivity contribution in [3.63, 3.8) is 0 Å². The molecule has 0 saturated carbocycles. The fourth-order valence-electron chi connectivity index (χ4n) is 3.41. The summed E-state index contributed by atoms with van der Waals surface area (Å²) in [6.07, 6.45) is 0.684. The highest BCUT2D eigenvalue weighted by Crippen LogP contribution is 2.45. The number of carbonyl (C=O) groups excluding carboxylic acids is 2. The summed E-state index contributed by atoms with van der Waals surface area (Å²) in [5.41, 5.74) is 4.93. The number of ketones is 1. The van der Waals surface area contributed by atoms with Gasteiger partial charge in [-0.2, -0.15) is 0 Å². The van der Waals surface area contributed by atoms with Gasteiger partial charge in [-0.3, -0.25) is 9.59 Å². The monoisotopic (exact) mass is 336 g/mol. The summed E-state index contributed by atoms with van der Waals surface area (Å²) >= 11 is 0. The first-order chi connectivity index (χ1) is 12.8. The van der Waals surface area contributed by atoms with Crippen LogP contribution in [0.4, 0.5) is 0 Å². The van der Waals surface area contributed by atoms with E-state index in [-0.39, 0.29) is 11.4 Å². The molecule has 0 spiro atoms. The number of Topliss-reactive ketones (excluding diaryl/α,β-unsaturated/α-hetero) is 1. The van der Waals surface area contributed by atoms with E-state index in [2.05, 4.69) is 0 Å². The van der Waals surface area contributed by atoms with Gasteiger partial charge in [0.15, 0.2) is 12.1 Å². The van der Waals surface area contributed by atoms with Crippen molar-refractivity contribution in [2.24, 2.45) is 0 Å². The van der Waals surface area contributed by atoms with Gasteiger partial charge in [0.05, 0.1) is 5.57 Å². The number of hydrogen-bond donors (Lipinski definition) is 0. The Kier molecular flexibility index (Phi) is 4.16. The van der Waals surface area contributed by atoms with Crippen LogP contribution in [0.15, 0.2) is 96.6 Å².